The van der Waals surface area contributed by atoms with E-state index in [1.807, 2.05) is 31.2 Å². The van der Waals surface area contributed by atoms with Gasteiger partial charge in [0.2, 0.25) is 0 Å². The Morgan fingerprint density at radius 2 is 2.23 bits per heavy atom. The smallest absolute Gasteiger partial charge is 0.315 e. The van der Waals surface area contributed by atoms with Crippen LogP contribution in [0.15, 0.2) is 40.9 Å². The standard InChI is InChI=1S/C16H20N4O2/c1-12-9-14(19-22-12)10-17-16(21)18-13-7-8-20(11-13)15-5-3-2-4-6-15/h2-6,9,13H,7-8,10-11H2,1H3,(H2,17,18,21). The molecule has 1 aliphatic rings. The molecule has 1 aliphatic heterocycles. The van der Waals surface area contributed by atoms with E-state index < -0.39 is 0 Å². The quantitative estimate of drug-likeness (QED) is 0.907. The molecule has 6 heteroatoms. The van der Waals surface area contributed by atoms with Crippen LogP contribution in [-0.4, -0.2) is 30.3 Å². The Morgan fingerprint density at radius 1 is 1.41 bits per heavy atom. The SMILES string of the molecule is Cc1cc(CNC(=O)NC2CCN(c3ccccc3)C2)no1. The maximum absolute atomic E-state index is 11.9. The van der Waals surface area contributed by atoms with E-state index in [0.29, 0.717) is 6.54 Å². The van der Waals surface area contributed by atoms with Gasteiger partial charge in [-0.05, 0) is 25.5 Å². The molecule has 1 aromatic carbocycles. The largest absolute Gasteiger partial charge is 0.369 e. The third kappa shape index (κ3) is 3.58. The second-order valence-electron chi connectivity index (χ2n) is 5.52. The van der Waals surface area contributed by atoms with E-state index in [0.717, 1.165) is 31.0 Å². The van der Waals surface area contributed by atoms with Gasteiger partial charge in [-0.2, -0.15) is 0 Å². The molecule has 0 radical (unpaired) electrons. The van der Waals surface area contributed by atoms with Gasteiger partial charge in [0, 0.05) is 30.9 Å². The topological polar surface area (TPSA) is 70.4 Å². The van der Waals surface area contributed by atoms with Crippen LogP contribution in [-0.2, 0) is 6.54 Å². The first-order chi connectivity index (χ1) is 10.7. The van der Waals surface area contributed by atoms with Crippen molar-refractivity contribution < 1.29 is 9.32 Å². The summed E-state index contributed by atoms with van der Waals surface area (Å²) in [6.07, 6.45) is 0.950. The number of rotatable bonds is 4. The van der Waals surface area contributed by atoms with E-state index in [-0.39, 0.29) is 12.1 Å². The van der Waals surface area contributed by atoms with Crippen molar-refractivity contribution in [1.29, 1.82) is 0 Å². The Balaban J connectivity index is 1.45. The van der Waals surface area contributed by atoms with E-state index in [1.165, 1.54) is 5.69 Å². The molecule has 0 spiro atoms. The fourth-order valence-electron chi connectivity index (χ4n) is 2.66. The molecule has 2 aromatic rings. The van der Waals surface area contributed by atoms with Crippen molar-refractivity contribution in [3.05, 3.63) is 47.9 Å². The van der Waals surface area contributed by atoms with Gasteiger partial charge in [-0.25, -0.2) is 4.79 Å². The number of nitrogens with zero attached hydrogens (tertiary/aromatic N) is 2. The molecule has 1 saturated heterocycles. The number of benzene rings is 1. The summed E-state index contributed by atoms with van der Waals surface area (Å²) >= 11 is 0. The normalized spacial score (nSPS) is 17.5. The molecule has 1 unspecified atom stereocenters. The summed E-state index contributed by atoms with van der Waals surface area (Å²) in [5.41, 5.74) is 1.93. The number of aromatic nitrogens is 1. The fourth-order valence-corrected chi connectivity index (χ4v) is 2.66. The molecular weight excluding hydrogens is 280 g/mol. The van der Waals surface area contributed by atoms with Gasteiger partial charge in [0.05, 0.1) is 6.54 Å². The van der Waals surface area contributed by atoms with Gasteiger partial charge < -0.3 is 20.1 Å². The van der Waals surface area contributed by atoms with Gasteiger partial charge in [0.1, 0.15) is 11.5 Å². The lowest BCUT2D eigenvalue weighted by molar-refractivity contribution is 0.237. The molecule has 6 nitrogen and oxygen atoms in total. The van der Waals surface area contributed by atoms with Crippen molar-refractivity contribution in [3.63, 3.8) is 0 Å². The van der Waals surface area contributed by atoms with Gasteiger partial charge >= 0.3 is 6.03 Å². The average Bonchev–Trinajstić information content (AvgIpc) is 3.15. The molecule has 1 fully saturated rings. The molecule has 0 saturated carbocycles. The lowest BCUT2D eigenvalue weighted by Crippen LogP contribution is -2.43. The second-order valence-corrected chi connectivity index (χ2v) is 5.52. The third-order valence-electron chi connectivity index (χ3n) is 3.75. The summed E-state index contributed by atoms with van der Waals surface area (Å²) in [7, 11) is 0. The van der Waals surface area contributed by atoms with E-state index in [1.54, 1.807) is 0 Å². The summed E-state index contributed by atoms with van der Waals surface area (Å²) in [6, 6.07) is 12.1. The Labute approximate surface area is 129 Å². The molecule has 0 aliphatic carbocycles. The molecule has 3 rings (SSSR count). The van der Waals surface area contributed by atoms with E-state index in [9.17, 15) is 4.79 Å². The Kier molecular flexibility index (Phi) is 4.27. The second kappa shape index (κ2) is 6.51. The lowest BCUT2D eigenvalue weighted by Gasteiger charge is -2.19. The number of aryl methyl sites for hydroxylation is 1. The zero-order valence-electron chi connectivity index (χ0n) is 12.6. The maximum Gasteiger partial charge on any atom is 0.315 e. The Morgan fingerprint density at radius 3 is 2.95 bits per heavy atom. The maximum atomic E-state index is 11.9. The highest BCUT2D eigenvalue weighted by Crippen LogP contribution is 2.19. The zero-order chi connectivity index (χ0) is 15.4. The minimum absolute atomic E-state index is 0.166. The van der Waals surface area contributed by atoms with Crippen LogP contribution in [0.4, 0.5) is 10.5 Å². The first-order valence-corrected chi connectivity index (χ1v) is 7.47. The predicted molar refractivity (Wildman–Crippen MR) is 83.7 cm³/mol. The molecule has 1 atom stereocenters. The highest BCUT2D eigenvalue weighted by molar-refractivity contribution is 5.74. The van der Waals surface area contributed by atoms with Crippen LogP contribution in [0.1, 0.15) is 17.9 Å². The van der Waals surface area contributed by atoms with Crippen LogP contribution in [0.3, 0.4) is 0 Å². The molecule has 22 heavy (non-hydrogen) atoms. The van der Waals surface area contributed by atoms with Crippen LogP contribution in [0.5, 0.6) is 0 Å². The molecule has 2 heterocycles. The van der Waals surface area contributed by atoms with E-state index in [4.69, 9.17) is 4.52 Å². The van der Waals surface area contributed by atoms with Gasteiger partial charge in [-0.1, -0.05) is 23.4 Å². The highest BCUT2D eigenvalue weighted by Gasteiger charge is 2.23. The Bertz CT molecular complexity index is 626. The zero-order valence-corrected chi connectivity index (χ0v) is 12.6. The van der Waals surface area contributed by atoms with E-state index in [2.05, 4.69) is 32.8 Å². The first-order valence-electron chi connectivity index (χ1n) is 7.47. The van der Waals surface area contributed by atoms with Crippen molar-refractivity contribution in [2.45, 2.75) is 25.9 Å². The Hall–Kier alpha value is -2.50. The van der Waals surface area contributed by atoms with Gasteiger partial charge in [0.25, 0.3) is 0 Å². The van der Waals surface area contributed by atoms with Crippen molar-refractivity contribution in [1.82, 2.24) is 15.8 Å². The van der Waals surface area contributed by atoms with Crippen LogP contribution < -0.4 is 15.5 Å². The number of hydrogen-bond acceptors (Lipinski definition) is 4. The summed E-state index contributed by atoms with van der Waals surface area (Å²) in [5.74, 6) is 0.742. The van der Waals surface area contributed by atoms with Crippen LogP contribution in [0.25, 0.3) is 0 Å². The monoisotopic (exact) mass is 300 g/mol. The molecule has 2 amide bonds. The third-order valence-corrected chi connectivity index (χ3v) is 3.75. The van der Waals surface area contributed by atoms with E-state index >= 15 is 0 Å². The molecule has 1 aromatic heterocycles. The molecule has 2 N–H and O–H groups in total. The summed E-state index contributed by atoms with van der Waals surface area (Å²) in [5, 5.41) is 9.65. The molecule has 0 bridgehead atoms. The van der Waals surface area contributed by atoms with Crippen molar-refractivity contribution in [2.75, 3.05) is 18.0 Å². The van der Waals surface area contributed by atoms with Crippen LogP contribution in [0, 0.1) is 6.92 Å². The summed E-state index contributed by atoms with van der Waals surface area (Å²) in [4.78, 5) is 14.2. The van der Waals surface area contributed by atoms with Crippen LogP contribution >= 0.6 is 0 Å². The van der Waals surface area contributed by atoms with Crippen molar-refractivity contribution in [2.24, 2.45) is 0 Å². The first kappa shape index (κ1) is 14.4. The number of hydrogen-bond donors (Lipinski definition) is 2. The van der Waals surface area contributed by atoms with Crippen molar-refractivity contribution in [3.8, 4) is 0 Å². The molecule has 116 valence electrons. The predicted octanol–water partition coefficient (Wildman–Crippen LogP) is 2.06. The minimum atomic E-state index is -0.166. The van der Waals surface area contributed by atoms with Gasteiger partial charge in [-0.15, -0.1) is 0 Å². The van der Waals surface area contributed by atoms with Crippen molar-refractivity contribution >= 4 is 11.7 Å². The number of carbonyl (C=O) groups is 1. The minimum Gasteiger partial charge on any atom is -0.369 e. The number of para-hydroxylation sites is 1. The summed E-state index contributed by atoms with van der Waals surface area (Å²) in [6.45, 7) is 3.99. The number of carbonyl (C=O) groups excluding carboxylic acids is 1. The number of anilines is 1. The van der Waals surface area contributed by atoms with Crippen LogP contribution in [0.2, 0.25) is 0 Å². The van der Waals surface area contributed by atoms with Gasteiger partial charge in [0.15, 0.2) is 0 Å². The highest BCUT2D eigenvalue weighted by atomic mass is 16.5. The number of urea groups is 1. The number of nitrogens with one attached hydrogen (secondary N) is 2. The lowest BCUT2D eigenvalue weighted by atomic mass is 10.3. The molecular formula is C16H20N4O2. The average molecular weight is 300 g/mol. The fraction of sp³-hybridized carbons (Fsp3) is 0.375. The van der Waals surface area contributed by atoms with Gasteiger partial charge in [-0.3, -0.25) is 0 Å². The number of amides is 2. The summed E-state index contributed by atoms with van der Waals surface area (Å²) < 4.78 is 4.96.